The van der Waals surface area contributed by atoms with Gasteiger partial charge in [0.1, 0.15) is 0 Å². The molecule has 0 aromatic rings. The zero-order valence-corrected chi connectivity index (χ0v) is 4.75. The monoisotopic (exact) mass is 116 g/mol. The molecular formula is C5H12N2O. The molecule has 1 atom stereocenters. The number of hydrogen-bond acceptors (Lipinski definition) is 3. The van der Waals surface area contributed by atoms with E-state index in [-0.39, 0.29) is 6.54 Å². The summed E-state index contributed by atoms with van der Waals surface area (Å²) >= 11 is 0. The van der Waals surface area contributed by atoms with Crippen LogP contribution in [-0.2, 0) is 0 Å². The molecule has 0 aliphatic rings. The summed E-state index contributed by atoms with van der Waals surface area (Å²) in [6.07, 6.45) is 2.73. The van der Waals surface area contributed by atoms with Gasteiger partial charge in [0.2, 0.25) is 0 Å². The molecule has 0 radical (unpaired) electrons. The molecule has 0 fully saturated rings. The van der Waals surface area contributed by atoms with Gasteiger partial charge in [-0.2, -0.15) is 0 Å². The van der Waals surface area contributed by atoms with Gasteiger partial charge in [0.15, 0.2) is 0 Å². The van der Waals surface area contributed by atoms with Crippen LogP contribution in [0.5, 0.6) is 0 Å². The van der Waals surface area contributed by atoms with Crippen molar-refractivity contribution in [1.29, 1.82) is 0 Å². The van der Waals surface area contributed by atoms with E-state index in [0.29, 0.717) is 6.54 Å². The molecule has 3 heteroatoms. The summed E-state index contributed by atoms with van der Waals surface area (Å²) in [5.41, 5.74) is 10.2. The molecule has 0 aromatic carbocycles. The predicted molar refractivity (Wildman–Crippen MR) is 33.3 cm³/mol. The number of hydrogen-bond donors (Lipinski definition) is 3. The second kappa shape index (κ2) is 4.77. The summed E-state index contributed by atoms with van der Waals surface area (Å²) in [6.45, 7) is 0.716. The number of aliphatic hydroxyl groups is 1. The summed E-state index contributed by atoms with van der Waals surface area (Å²) in [6, 6.07) is 0. The van der Waals surface area contributed by atoms with Crippen LogP contribution in [0.3, 0.4) is 0 Å². The quantitative estimate of drug-likeness (QED) is 0.406. The fraction of sp³-hybridized carbons (Fsp3) is 0.600. The standard InChI is InChI=1S/C5H12N2O/c6-3-1-2-5(8)4-7/h1-2,5,8H,3-4,6-7H2/b2-1+. The molecule has 0 aromatic heterocycles. The van der Waals surface area contributed by atoms with Crippen LogP contribution in [0, 0.1) is 0 Å². The maximum Gasteiger partial charge on any atom is 0.0843 e. The zero-order valence-electron chi connectivity index (χ0n) is 4.75. The highest BCUT2D eigenvalue weighted by molar-refractivity contribution is 4.89. The Labute approximate surface area is 49.0 Å². The van der Waals surface area contributed by atoms with E-state index in [1.54, 1.807) is 12.2 Å². The molecule has 0 rings (SSSR count). The lowest BCUT2D eigenvalue weighted by Crippen LogP contribution is -2.16. The minimum atomic E-state index is -0.529. The van der Waals surface area contributed by atoms with Crippen LogP contribution in [-0.4, -0.2) is 24.3 Å². The molecule has 1 unspecified atom stereocenters. The average Bonchev–Trinajstić information content (AvgIpc) is 1.83. The summed E-state index contributed by atoms with van der Waals surface area (Å²) in [4.78, 5) is 0. The van der Waals surface area contributed by atoms with Crippen molar-refractivity contribution in [3.8, 4) is 0 Å². The molecule has 0 saturated heterocycles. The molecule has 0 saturated carbocycles. The van der Waals surface area contributed by atoms with Gasteiger partial charge in [-0.15, -0.1) is 0 Å². The van der Waals surface area contributed by atoms with Crippen LogP contribution in [0.4, 0.5) is 0 Å². The van der Waals surface area contributed by atoms with Gasteiger partial charge < -0.3 is 16.6 Å². The Bertz CT molecular complexity index is 72.8. The Morgan fingerprint density at radius 3 is 2.50 bits per heavy atom. The first kappa shape index (κ1) is 7.62. The van der Waals surface area contributed by atoms with E-state index in [9.17, 15) is 0 Å². The number of aliphatic hydroxyl groups excluding tert-OH is 1. The molecule has 0 heterocycles. The Morgan fingerprint density at radius 1 is 1.50 bits per heavy atom. The van der Waals surface area contributed by atoms with Gasteiger partial charge in [0.25, 0.3) is 0 Å². The van der Waals surface area contributed by atoms with Gasteiger partial charge in [-0.25, -0.2) is 0 Å². The molecule has 8 heavy (non-hydrogen) atoms. The molecule has 0 amide bonds. The van der Waals surface area contributed by atoms with Crippen LogP contribution in [0.1, 0.15) is 0 Å². The smallest absolute Gasteiger partial charge is 0.0843 e. The largest absolute Gasteiger partial charge is 0.388 e. The third-order valence-corrected chi connectivity index (χ3v) is 0.736. The lowest BCUT2D eigenvalue weighted by molar-refractivity contribution is 0.231. The van der Waals surface area contributed by atoms with Crippen LogP contribution in [0.2, 0.25) is 0 Å². The van der Waals surface area contributed by atoms with Gasteiger partial charge in [-0.1, -0.05) is 12.2 Å². The summed E-state index contributed by atoms with van der Waals surface area (Å²) in [7, 11) is 0. The summed E-state index contributed by atoms with van der Waals surface area (Å²) in [5, 5.41) is 8.72. The normalized spacial score (nSPS) is 14.9. The van der Waals surface area contributed by atoms with E-state index in [1.165, 1.54) is 0 Å². The van der Waals surface area contributed by atoms with Crippen molar-refractivity contribution in [3.63, 3.8) is 0 Å². The predicted octanol–water partition coefficient (Wildman–Crippen LogP) is -1.18. The highest BCUT2D eigenvalue weighted by atomic mass is 16.3. The fourth-order valence-corrected chi connectivity index (χ4v) is 0.314. The van der Waals surface area contributed by atoms with Crippen molar-refractivity contribution in [2.24, 2.45) is 11.5 Å². The second-order valence-corrected chi connectivity index (χ2v) is 1.47. The van der Waals surface area contributed by atoms with Gasteiger partial charge in [0.05, 0.1) is 6.10 Å². The molecule has 0 bridgehead atoms. The van der Waals surface area contributed by atoms with E-state index in [4.69, 9.17) is 16.6 Å². The topological polar surface area (TPSA) is 72.3 Å². The first-order valence-corrected chi connectivity index (χ1v) is 2.56. The van der Waals surface area contributed by atoms with Crippen molar-refractivity contribution < 1.29 is 5.11 Å². The maximum absolute atomic E-state index is 8.72. The zero-order chi connectivity index (χ0) is 6.41. The van der Waals surface area contributed by atoms with E-state index in [0.717, 1.165) is 0 Å². The molecular weight excluding hydrogens is 104 g/mol. The average molecular weight is 116 g/mol. The highest BCUT2D eigenvalue weighted by Crippen LogP contribution is 1.78. The fourth-order valence-electron chi connectivity index (χ4n) is 0.314. The van der Waals surface area contributed by atoms with E-state index >= 15 is 0 Å². The van der Waals surface area contributed by atoms with Gasteiger partial charge in [-0.3, -0.25) is 0 Å². The third kappa shape index (κ3) is 3.80. The van der Waals surface area contributed by atoms with Crippen molar-refractivity contribution >= 4 is 0 Å². The van der Waals surface area contributed by atoms with Crippen LogP contribution in [0.15, 0.2) is 12.2 Å². The van der Waals surface area contributed by atoms with Crippen LogP contribution < -0.4 is 11.5 Å². The van der Waals surface area contributed by atoms with Crippen molar-refractivity contribution in [2.75, 3.05) is 13.1 Å². The first-order chi connectivity index (χ1) is 3.81. The molecule has 3 nitrogen and oxygen atoms in total. The van der Waals surface area contributed by atoms with E-state index in [1.807, 2.05) is 0 Å². The first-order valence-electron chi connectivity index (χ1n) is 2.56. The summed E-state index contributed by atoms with van der Waals surface area (Å²) in [5.74, 6) is 0. The van der Waals surface area contributed by atoms with Crippen molar-refractivity contribution in [1.82, 2.24) is 0 Å². The van der Waals surface area contributed by atoms with Crippen LogP contribution >= 0.6 is 0 Å². The molecule has 0 aliphatic heterocycles. The third-order valence-electron chi connectivity index (χ3n) is 0.736. The molecule has 5 N–H and O–H groups in total. The highest BCUT2D eigenvalue weighted by Gasteiger charge is 1.89. The minimum Gasteiger partial charge on any atom is -0.388 e. The minimum absolute atomic E-state index is 0.260. The van der Waals surface area contributed by atoms with Gasteiger partial charge >= 0.3 is 0 Å². The summed E-state index contributed by atoms with van der Waals surface area (Å²) < 4.78 is 0. The Kier molecular flexibility index (Phi) is 4.54. The van der Waals surface area contributed by atoms with Crippen molar-refractivity contribution in [2.45, 2.75) is 6.10 Å². The van der Waals surface area contributed by atoms with Gasteiger partial charge in [0, 0.05) is 13.1 Å². The molecule has 0 aliphatic carbocycles. The maximum atomic E-state index is 8.72. The van der Waals surface area contributed by atoms with Crippen molar-refractivity contribution in [3.05, 3.63) is 12.2 Å². The SMILES string of the molecule is NC/C=C/C(O)CN. The van der Waals surface area contributed by atoms with Crippen LogP contribution in [0.25, 0.3) is 0 Å². The van der Waals surface area contributed by atoms with Gasteiger partial charge in [-0.05, 0) is 0 Å². The molecule has 48 valence electrons. The van der Waals surface area contributed by atoms with E-state index < -0.39 is 6.10 Å². The lowest BCUT2D eigenvalue weighted by Gasteiger charge is -1.96. The number of nitrogens with two attached hydrogens (primary N) is 2. The number of rotatable bonds is 3. The Hall–Kier alpha value is -0.380. The second-order valence-electron chi connectivity index (χ2n) is 1.47. The lowest BCUT2D eigenvalue weighted by atomic mass is 10.3. The Morgan fingerprint density at radius 2 is 2.12 bits per heavy atom. The van der Waals surface area contributed by atoms with E-state index in [2.05, 4.69) is 0 Å². The molecule has 0 spiro atoms. The Balaban J connectivity index is 3.21.